The molecule has 1 aliphatic rings. The molecule has 0 radical (unpaired) electrons. The van der Waals surface area contributed by atoms with Crippen molar-refractivity contribution in [3.8, 4) is 5.75 Å². The number of nitrogens with zero attached hydrogens (tertiary/aromatic N) is 1. The molecule has 1 saturated heterocycles. The fourth-order valence-electron chi connectivity index (χ4n) is 2.60. The van der Waals surface area contributed by atoms with E-state index < -0.39 is 0 Å². The smallest absolute Gasteiger partial charge is 0.119 e. The predicted octanol–water partition coefficient (Wildman–Crippen LogP) is 2.66. The highest BCUT2D eigenvalue weighted by molar-refractivity contribution is 5.28. The number of nitrogens with one attached hydrogen (secondary N) is 1. The van der Waals surface area contributed by atoms with Gasteiger partial charge in [-0.3, -0.25) is 4.90 Å². The van der Waals surface area contributed by atoms with Gasteiger partial charge in [0.05, 0.1) is 0 Å². The molecule has 0 atom stereocenters. The van der Waals surface area contributed by atoms with Gasteiger partial charge in [-0.2, -0.15) is 0 Å². The highest BCUT2D eigenvalue weighted by Gasteiger charge is 2.08. The van der Waals surface area contributed by atoms with Gasteiger partial charge in [0, 0.05) is 13.1 Å². The summed E-state index contributed by atoms with van der Waals surface area (Å²) in [5.74, 6) is 0.988. The van der Waals surface area contributed by atoms with Gasteiger partial charge >= 0.3 is 0 Å². The van der Waals surface area contributed by atoms with Gasteiger partial charge in [-0.05, 0) is 50.7 Å². The third-order valence-corrected chi connectivity index (χ3v) is 3.65. The van der Waals surface area contributed by atoms with Gasteiger partial charge in [-0.15, -0.1) is 0 Å². The van der Waals surface area contributed by atoms with Crippen LogP contribution < -0.4 is 10.1 Å². The minimum Gasteiger partial charge on any atom is -0.492 e. The predicted molar refractivity (Wildman–Crippen MR) is 79.6 cm³/mol. The molecule has 0 spiro atoms. The molecule has 1 aromatic rings. The van der Waals surface area contributed by atoms with Crippen molar-refractivity contribution in [1.29, 1.82) is 0 Å². The highest BCUT2D eigenvalue weighted by Crippen LogP contribution is 2.14. The first-order valence-corrected chi connectivity index (χ1v) is 7.47. The van der Waals surface area contributed by atoms with Gasteiger partial charge in [0.1, 0.15) is 12.4 Å². The van der Waals surface area contributed by atoms with Crippen LogP contribution in [0.2, 0.25) is 0 Å². The van der Waals surface area contributed by atoms with Gasteiger partial charge in [-0.1, -0.05) is 25.0 Å². The first kappa shape index (κ1) is 14.4. The Morgan fingerprint density at radius 2 is 1.95 bits per heavy atom. The van der Waals surface area contributed by atoms with Crippen molar-refractivity contribution in [2.45, 2.75) is 32.2 Å². The van der Waals surface area contributed by atoms with Crippen LogP contribution in [0.4, 0.5) is 0 Å². The van der Waals surface area contributed by atoms with Crippen LogP contribution in [-0.4, -0.2) is 38.2 Å². The SMILES string of the molecule is CNCc1cccc(OCCN2CCCCCC2)c1. The lowest BCUT2D eigenvalue weighted by molar-refractivity contribution is 0.214. The molecular weight excluding hydrogens is 236 g/mol. The third kappa shape index (κ3) is 5.21. The Bertz CT molecular complexity index is 360. The zero-order valence-corrected chi connectivity index (χ0v) is 12.0. The van der Waals surface area contributed by atoms with Gasteiger partial charge in [-0.25, -0.2) is 0 Å². The molecule has 0 aromatic heterocycles. The summed E-state index contributed by atoms with van der Waals surface area (Å²) in [7, 11) is 1.97. The molecule has 1 N–H and O–H groups in total. The Morgan fingerprint density at radius 1 is 1.16 bits per heavy atom. The van der Waals surface area contributed by atoms with Gasteiger partial charge in [0.2, 0.25) is 0 Å². The average Bonchev–Trinajstić information content (AvgIpc) is 2.68. The van der Waals surface area contributed by atoms with Crippen molar-refractivity contribution in [2.75, 3.05) is 33.3 Å². The average molecular weight is 262 g/mol. The van der Waals surface area contributed by atoms with E-state index >= 15 is 0 Å². The van der Waals surface area contributed by atoms with Crippen molar-refractivity contribution >= 4 is 0 Å². The summed E-state index contributed by atoms with van der Waals surface area (Å²) in [6.45, 7) is 5.22. The van der Waals surface area contributed by atoms with E-state index in [0.717, 1.165) is 25.4 Å². The number of benzene rings is 1. The molecule has 0 bridgehead atoms. The zero-order chi connectivity index (χ0) is 13.3. The number of hydrogen-bond acceptors (Lipinski definition) is 3. The first-order chi connectivity index (χ1) is 9.38. The number of rotatable bonds is 6. The zero-order valence-electron chi connectivity index (χ0n) is 12.0. The summed E-state index contributed by atoms with van der Waals surface area (Å²) in [5, 5.41) is 3.16. The lowest BCUT2D eigenvalue weighted by atomic mass is 10.2. The van der Waals surface area contributed by atoms with Crippen molar-refractivity contribution < 1.29 is 4.74 Å². The molecule has 0 amide bonds. The van der Waals surface area contributed by atoms with E-state index in [1.54, 1.807) is 0 Å². The molecule has 1 fully saturated rings. The summed E-state index contributed by atoms with van der Waals surface area (Å²) in [5.41, 5.74) is 1.27. The molecule has 1 heterocycles. The van der Waals surface area contributed by atoms with E-state index in [9.17, 15) is 0 Å². The van der Waals surface area contributed by atoms with E-state index in [1.165, 1.54) is 44.3 Å². The summed E-state index contributed by atoms with van der Waals surface area (Å²) < 4.78 is 5.87. The van der Waals surface area contributed by atoms with Crippen molar-refractivity contribution in [2.24, 2.45) is 0 Å². The number of hydrogen-bond donors (Lipinski definition) is 1. The molecule has 1 aliphatic heterocycles. The van der Waals surface area contributed by atoms with Crippen LogP contribution in [0.25, 0.3) is 0 Å². The fourth-order valence-corrected chi connectivity index (χ4v) is 2.60. The molecule has 3 heteroatoms. The molecule has 0 aliphatic carbocycles. The van der Waals surface area contributed by atoms with Gasteiger partial charge < -0.3 is 10.1 Å². The molecule has 2 rings (SSSR count). The fraction of sp³-hybridized carbons (Fsp3) is 0.625. The minimum atomic E-state index is 0.795. The Balaban J connectivity index is 1.73. The number of likely N-dealkylation sites (tertiary alicyclic amines) is 1. The van der Waals surface area contributed by atoms with Crippen molar-refractivity contribution in [3.63, 3.8) is 0 Å². The molecule has 1 aromatic carbocycles. The largest absolute Gasteiger partial charge is 0.492 e. The summed E-state index contributed by atoms with van der Waals surface area (Å²) >= 11 is 0. The molecule has 0 saturated carbocycles. The van der Waals surface area contributed by atoms with Crippen molar-refractivity contribution in [1.82, 2.24) is 10.2 Å². The van der Waals surface area contributed by atoms with E-state index in [-0.39, 0.29) is 0 Å². The highest BCUT2D eigenvalue weighted by atomic mass is 16.5. The second-order valence-corrected chi connectivity index (χ2v) is 5.28. The Kier molecular flexibility index (Phi) is 6.18. The van der Waals surface area contributed by atoms with Crippen LogP contribution in [0.15, 0.2) is 24.3 Å². The van der Waals surface area contributed by atoms with E-state index in [4.69, 9.17) is 4.74 Å². The second-order valence-electron chi connectivity index (χ2n) is 5.28. The molecule has 0 unspecified atom stereocenters. The van der Waals surface area contributed by atoms with E-state index in [2.05, 4.69) is 28.4 Å². The summed E-state index contributed by atoms with van der Waals surface area (Å²) in [6, 6.07) is 8.35. The van der Waals surface area contributed by atoms with Crippen LogP contribution in [-0.2, 0) is 6.54 Å². The lowest BCUT2D eigenvalue weighted by Gasteiger charge is -2.19. The van der Waals surface area contributed by atoms with Crippen LogP contribution in [0.5, 0.6) is 5.75 Å². The van der Waals surface area contributed by atoms with E-state index in [0.29, 0.717) is 0 Å². The maximum atomic E-state index is 5.87. The van der Waals surface area contributed by atoms with Crippen molar-refractivity contribution in [3.05, 3.63) is 29.8 Å². The van der Waals surface area contributed by atoms with Crippen LogP contribution in [0.3, 0.4) is 0 Å². The molecular formula is C16H26N2O. The topological polar surface area (TPSA) is 24.5 Å². The molecule has 3 nitrogen and oxygen atoms in total. The lowest BCUT2D eigenvalue weighted by Crippen LogP contribution is -2.29. The maximum Gasteiger partial charge on any atom is 0.119 e. The summed E-state index contributed by atoms with van der Waals surface area (Å²) in [6.07, 6.45) is 5.47. The van der Waals surface area contributed by atoms with E-state index in [1.807, 2.05) is 13.1 Å². The Labute approximate surface area is 116 Å². The Hall–Kier alpha value is -1.06. The van der Waals surface area contributed by atoms with Gasteiger partial charge in [0.15, 0.2) is 0 Å². The second kappa shape index (κ2) is 8.18. The molecule has 19 heavy (non-hydrogen) atoms. The third-order valence-electron chi connectivity index (χ3n) is 3.65. The quantitative estimate of drug-likeness (QED) is 0.853. The monoisotopic (exact) mass is 262 g/mol. The first-order valence-electron chi connectivity index (χ1n) is 7.47. The number of ether oxygens (including phenoxy) is 1. The van der Waals surface area contributed by atoms with Crippen LogP contribution in [0, 0.1) is 0 Å². The van der Waals surface area contributed by atoms with Crippen LogP contribution in [0.1, 0.15) is 31.2 Å². The van der Waals surface area contributed by atoms with Gasteiger partial charge in [0.25, 0.3) is 0 Å². The van der Waals surface area contributed by atoms with Crippen LogP contribution >= 0.6 is 0 Å². The minimum absolute atomic E-state index is 0.795. The standard InChI is InChI=1S/C16H26N2O/c1-17-14-15-7-6-8-16(13-15)19-12-11-18-9-4-2-3-5-10-18/h6-8,13,17H,2-5,9-12,14H2,1H3. The normalized spacial score (nSPS) is 17.1. The maximum absolute atomic E-state index is 5.87. The summed E-state index contributed by atoms with van der Waals surface area (Å²) in [4.78, 5) is 2.53. The Morgan fingerprint density at radius 3 is 2.68 bits per heavy atom. The molecule has 106 valence electrons.